The molecule has 1 N–H and O–H groups in total. The molecule has 0 radical (unpaired) electrons. The lowest BCUT2D eigenvalue weighted by Crippen LogP contribution is -2.19. The Hall–Kier alpha value is -1.14. The van der Waals surface area contributed by atoms with Gasteiger partial charge < -0.3 is 10.2 Å². The number of benzene rings is 1. The van der Waals surface area contributed by atoms with Crippen molar-refractivity contribution in [3.63, 3.8) is 0 Å². The van der Waals surface area contributed by atoms with Gasteiger partial charge in [0.15, 0.2) is 0 Å². The quantitative estimate of drug-likeness (QED) is 0.758. The lowest BCUT2D eigenvalue weighted by Gasteiger charge is -2.20. The number of rotatable bonds is 6. The summed E-state index contributed by atoms with van der Waals surface area (Å²) in [6.45, 7) is 3.76. The van der Waals surface area contributed by atoms with Crippen LogP contribution in [0.1, 0.15) is 18.9 Å². The van der Waals surface area contributed by atoms with E-state index in [4.69, 9.17) is 0 Å². The molecule has 0 spiro atoms. The molecule has 0 amide bonds. The number of hydrogen-bond acceptors (Lipinski definition) is 4. The third-order valence-electron chi connectivity index (χ3n) is 2.99. The summed E-state index contributed by atoms with van der Waals surface area (Å²) in [6, 6.07) is 8.20. The standard InChI is InChI=1S/C15H18Br2N4/c1-3-8-18-15-19-9-13(17)14(20-15)21(2)10-11-6-4-5-7-12(11)16/h4-7,9H,3,8,10H2,1-2H3,(H,18,19,20). The summed E-state index contributed by atoms with van der Waals surface area (Å²) >= 11 is 7.11. The molecule has 1 heterocycles. The van der Waals surface area contributed by atoms with Crippen molar-refractivity contribution >= 4 is 43.6 Å². The van der Waals surface area contributed by atoms with Crippen molar-refractivity contribution in [3.8, 4) is 0 Å². The third kappa shape index (κ3) is 4.41. The van der Waals surface area contributed by atoms with Crippen molar-refractivity contribution in [2.75, 3.05) is 23.8 Å². The predicted octanol–water partition coefficient (Wildman–Crippen LogP) is 4.46. The highest BCUT2D eigenvalue weighted by Crippen LogP contribution is 2.26. The first-order valence-electron chi connectivity index (χ1n) is 6.82. The summed E-state index contributed by atoms with van der Waals surface area (Å²) in [6.07, 6.45) is 2.83. The van der Waals surface area contributed by atoms with Crippen molar-refractivity contribution in [1.29, 1.82) is 0 Å². The SMILES string of the molecule is CCCNc1ncc(Br)c(N(C)Cc2ccccc2Br)n1. The third-order valence-corrected chi connectivity index (χ3v) is 4.32. The van der Waals surface area contributed by atoms with Crippen LogP contribution in [-0.2, 0) is 6.54 Å². The number of nitrogens with one attached hydrogen (secondary N) is 1. The fraction of sp³-hybridized carbons (Fsp3) is 0.333. The number of anilines is 2. The molecular formula is C15H18Br2N4. The first kappa shape index (κ1) is 16.2. The first-order chi connectivity index (χ1) is 10.1. The van der Waals surface area contributed by atoms with E-state index in [0.29, 0.717) is 5.95 Å². The van der Waals surface area contributed by atoms with Crippen LogP contribution in [0.15, 0.2) is 39.4 Å². The van der Waals surface area contributed by atoms with Crippen LogP contribution in [0.3, 0.4) is 0 Å². The number of nitrogens with zero attached hydrogens (tertiary/aromatic N) is 3. The van der Waals surface area contributed by atoms with E-state index < -0.39 is 0 Å². The fourth-order valence-electron chi connectivity index (χ4n) is 1.90. The normalized spacial score (nSPS) is 10.5. The van der Waals surface area contributed by atoms with Gasteiger partial charge in [0.2, 0.25) is 5.95 Å². The topological polar surface area (TPSA) is 41.1 Å². The van der Waals surface area contributed by atoms with E-state index in [1.165, 1.54) is 5.56 Å². The largest absolute Gasteiger partial charge is 0.354 e. The maximum Gasteiger partial charge on any atom is 0.224 e. The lowest BCUT2D eigenvalue weighted by atomic mass is 10.2. The molecule has 0 aliphatic rings. The van der Waals surface area contributed by atoms with Gasteiger partial charge in [0, 0.05) is 30.8 Å². The summed E-state index contributed by atoms with van der Waals surface area (Å²) in [5, 5.41) is 3.21. The highest BCUT2D eigenvalue weighted by atomic mass is 79.9. The van der Waals surface area contributed by atoms with Gasteiger partial charge in [-0.2, -0.15) is 4.98 Å². The second-order valence-electron chi connectivity index (χ2n) is 4.74. The van der Waals surface area contributed by atoms with Crippen LogP contribution in [-0.4, -0.2) is 23.6 Å². The average Bonchev–Trinajstić information content (AvgIpc) is 2.48. The highest BCUT2D eigenvalue weighted by Gasteiger charge is 2.11. The van der Waals surface area contributed by atoms with Crippen molar-refractivity contribution in [2.45, 2.75) is 19.9 Å². The summed E-state index contributed by atoms with van der Waals surface area (Å²) in [7, 11) is 2.02. The highest BCUT2D eigenvalue weighted by molar-refractivity contribution is 9.10. The van der Waals surface area contributed by atoms with Gasteiger partial charge in [0.25, 0.3) is 0 Å². The van der Waals surface area contributed by atoms with Crippen molar-refractivity contribution in [1.82, 2.24) is 9.97 Å². The van der Waals surface area contributed by atoms with Gasteiger partial charge in [-0.05, 0) is 34.0 Å². The van der Waals surface area contributed by atoms with Crippen LogP contribution in [0.4, 0.5) is 11.8 Å². The molecule has 2 rings (SSSR count). The maximum absolute atomic E-state index is 4.58. The molecule has 6 heteroatoms. The molecule has 21 heavy (non-hydrogen) atoms. The molecule has 0 saturated heterocycles. The second-order valence-corrected chi connectivity index (χ2v) is 6.45. The number of hydrogen-bond donors (Lipinski definition) is 1. The van der Waals surface area contributed by atoms with E-state index in [0.717, 1.165) is 34.3 Å². The van der Waals surface area contributed by atoms with Crippen LogP contribution in [0, 0.1) is 0 Å². The zero-order valence-corrected chi connectivity index (χ0v) is 15.3. The molecule has 0 fully saturated rings. The van der Waals surface area contributed by atoms with Crippen LogP contribution in [0.25, 0.3) is 0 Å². The van der Waals surface area contributed by atoms with E-state index in [2.05, 4.69) is 65.0 Å². The lowest BCUT2D eigenvalue weighted by molar-refractivity contribution is 0.876. The van der Waals surface area contributed by atoms with E-state index in [1.807, 2.05) is 25.2 Å². The van der Waals surface area contributed by atoms with Gasteiger partial charge >= 0.3 is 0 Å². The summed E-state index contributed by atoms with van der Waals surface area (Å²) in [5.74, 6) is 1.54. The van der Waals surface area contributed by atoms with Crippen LogP contribution < -0.4 is 10.2 Å². The second kappa shape index (κ2) is 7.75. The zero-order chi connectivity index (χ0) is 15.2. The number of aromatic nitrogens is 2. The molecule has 1 aromatic heterocycles. The Morgan fingerprint density at radius 3 is 2.67 bits per heavy atom. The van der Waals surface area contributed by atoms with E-state index in [-0.39, 0.29) is 0 Å². The van der Waals surface area contributed by atoms with Crippen LogP contribution in [0.2, 0.25) is 0 Å². The molecule has 0 aliphatic heterocycles. The molecule has 0 bridgehead atoms. The predicted molar refractivity (Wildman–Crippen MR) is 94.8 cm³/mol. The molecule has 0 saturated carbocycles. The van der Waals surface area contributed by atoms with Gasteiger partial charge in [0.05, 0.1) is 4.47 Å². The molecule has 0 unspecified atom stereocenters. The van der Waals surface area contributed by atoms with E-state index in [1.54, 1.807) is 6.20 Å². The van der Waals surface area contributed by atoms with Gasteiger partial charge in [-0.3, -0.25) is 0 Å². The van der Waals surface area contributed by atoms with Gasteiger partial charge in [-0.1, -0.05) is 41.1 Å². The summed E-state index contributed by atoms with van der Waals surface area (Å²) in [5.41, 5.74) is 1.22. The van der Waals surface area contributed by atoms with Crippen molar-refractivity contribution < 1.29 is 0 Å². The Morgan fingerprint density at radius 2 is 1.95 bits per heavy atom. The van der Waals surface area contributed by atoms with Crippen LogP contribution >= 0.6 is 31.9 Å². The average molecular weight is 414 g/mol. The number of halogens is 2. The van der Waals surface area contributed by atoms with Gasteiger partial charge in [-0.25, -0.2) is 4.98 Å². The minimum atomic E-state index is 0.661. The molecule has 112 valence electrons. The van der Waals surface area contributed by atoms with Crippen molar-refractivity contribution in [3.05, 3.63) is 45.0 Å². The molecule has 2 aromatic rings. The van der Waals surface area contributed by atoms with Gasteiger partial charge in [0.1, 0.15) is 5.82 Å². The molecule has 4 nitrogen and oxygen atoms in total. The summed E-state index contributed by atoms with van der Waals surface area (Å²) < 4.78 is 1.99. The molecule has 0 aliphatic carbocycles. The molecular weight excluding hydrogens is 396 g/mol. The fourth-order valence-corrected chi connectivity index (χ4v) is 2.81. The Kier molecular flexibility index (Phi) is 5.99. The molecule has 1 aromatic carbocycles. The van der Waals surface area contributed by atoms with E-state index >= 15 is 0 Å². The minimum absolute atomic E-state index is 0.661. The Morgan fingerprint density at radius 1 is 1.19 bits per heavy atom. The zero-order valence-electron chi connectivity index (χ0n) is 12.1. The monoisotopic (exact) mass is 412 g/mol. The van der Waals surface area contributed by atoms with E-state index in [9.17, 15) is 0 Å². The molecule has 0 atom stereocenters. The maximum atomic E-state index is 4.58. The van der Waals surface area contributed by atoms with Crippen molar-refractivity contribution in [2.24, 2.45) is 0 Å². The minimum Gasteiger partial charge on any atom is -0.354 e. The van der Waals surface area contributed by atoms with Gasteiger partial charge in [-0.15, -0.1) is 0 Å². The first-order valence-corrected chi connectivity index (χ1v) is 8.41. The smallest absolute Gasteiger partial charge is 0.224 e. The Labute approximate surface area is 142 Å². The summed E-state index contributed by atoms with van der Waals surface area (Å²) in [4.78, 5) is 11.0. The Balaban J connectivity index is 2.18. The Bertz CT molecular complexity index is 604. The van der Waals surface area contributed by atoms with Crippen LogP contribution in [0.5, 0.6) is 0 Å².